The lowest BCUT2D eigenvalue weighted by Gasteiger charge is -2.07. The van der Waals surface area contributed by atoms with E-state index in [2.05, 4.69) is 26.8 Å². The van der Waals surface area contributed by atoms with E-state index in [-0.39, 0.29) is 11.8 Å². The van der Waals surface area contributed by atoms with Crippen molar-refractivity contribution >= 4 is 39.1 Å². The number of rotatable bonds is 2. The molecular weight excluding hydrogens is 340 g/mol. The number of amides is 2. The van der Waals surface area contributed by atoms with Gasteiger partial charge in [-0.3, -0.25) is 20.4 Å². The van der Waals surface area contributed by atoms with Gasteiger partial charge in [-0.2, -0.15) is 0 Å². The van der Waals surface area contributed by atoms with Crippen molar-refractivity contribution in [3.63, 3.8) is 0 Å². The largest absolute Gasteiger partial charge is 0.279 e. The van der Waals surface area contributed by atoms with Crippen LogP contribution in [0.4, 0.5) is 0 Å². The highest BCUT2D eigenvalue weighted by atomic mass is 79.9. The summed E-state index contributed by atoms with van der Waals surface area (Å²) in [5.74, 6) is -0.671. The second-order valence-electron chi connectivity index (χ2n) is 4.31. The summed E-state index contributed by atoms with van der Waals surface area (Å²) in [5, 5.41) is 0. The molecule has 0 aliphatic rings. The number of hydrogen-bond donors (Lipinski definition) is 2. The van der Waals surface area contributed by atoms with E-state index in [1.54, 1.807) is 24.3 Å². The maximum Gasteiger partial charge on any atom is 0.279 e. The molecule has 6 heteroatoms. The molecule has 2 aromatic rings. The molecule has 1 heterocycles. The van der Waals surface area contributed by atoms with E-state index in [0.717, 1.165) is 14.9 Å². The molecule has 4 nitrogen and oxygen atoms in total. The van der Waals surface area contributed by atoms with Crippen molar-refractivity contribution in [1.82, 2.24) is 10.9 Å². The Balaban J connectivity index is 1.98. The minimum absolute atomic E-state index is 0.335. The topological polar surface area (TPSA) is 58.2 Å². The summed E-state index contributed by atoms with van der Waals surface area (Å²) in [6.45, 7) is 3.92. The quantitative estimate of drug-likeness (QED) is 0.815. The highest BCUT2D eigenvalue weighted by Crippen LogP contribution is 2.21. The van der Waals surface area contributed by atoms with Gasteiger partial charge in [-0.25, -0.2) is 0 Å². The predicted molar refractivity (Wildman–Crippen MR) is 82.9 cm³/mol. The lowest BCUT2D eigenvalue weighted by molar-refractivity contribution is 0.0849. The van der Waals surface area contributed by atoms with Crippen molar-refractivity contribution in [2.75, 3.05) is 0 Å². The third-order valence-corrected chi connectivity index (χ3v) is 4.48. The van der Waals surface area contributed by atoms with Crippen LogP contribution < -0.4 is 10.9 Å². The molecule has 1 aromatic heterocycles. The van der Waals surface area contributed by atoms with Crippen LogP contribution in [0.25, 0.3) is 0 Å². The van der Waals surface area contributed by atoms with E-state index < -0.39 is 0 Å². The normalized spacial score (nSPS) is 10.2. The van der Waals surface area contributed by atoms with Crippen LogP contribution in [0, 0.1) is 13.8 Å². The van der Waals surface area contributed by atoms with E-state index >= 15 is 0 Å². The van der Waals surface area contributed by atoms with Gasteiger partial charge in [-0.1, -0.05) is 6.07 Å². The number of benzene rings is 1. The molecule has 2 N–H and O–H groups in total. The number of halogens is 1. The van der Waals surface area contributed by atoms with Gasteiger partial charge in [0.25, 0.3) is 11.8 Å². The summed E-state index contributed by atoms with van der Waals surface area (Å²) >= 11 is 4.58. The minimum Gasteiger partial charge on any atom is -0.267 e. The van der Waals surface area contributed by atoms with E-state index in [4.69, 9.17) is 0 Å². The van der Waals surface area contributed by atoms with Gasteiger partial charge in [-0.05, 0) is 65.2 Å². The fraction of sp³-hybridized carbons (Fsp3) is 0.143. The van der Waals surface area contributed by atoms with Gasteiger partial charge >= 0.3 is 0 Å². The van der Waals surface area contributed by atoms with Crippen molar-refractivity contribution in [2.45, 2.75) is 13.8 Å². The second kappa shape index (κ2) is 6.19. The number of nitrogens with one attached hydrogen (secondary N) is 2. The number of hydrazine groups is 1. The van der Waals surface area contributed by atoms with Crippen molar-refractivity contribution in [3.8, 4) is 0 Å². The number of carbonyl (C=O) groups is 2. The summed E-state index contributed by atoms with van der Waals surface area (Å²) in [7, 11) is 0. The highest BCUT2D eigenvalue weighted by molar-refractivity contribution is 9.11. The molecule has 0 aliphatic carbocycles. The molecule has 2 amide bonds. The molecule has 0 radical (unpaired) electrons. The Morgan fingerprint density at radius 2 is 1.70 bits per heavy atom. The van der Waals surface area contributed by atoms with Crippen molar-refractivity contribution in [2.24, 2.45) is 0 Å². The standard InChI is InChI=1S/C14H13BrN2O2S/c1-8-3-4-10(7-9(8)2)13(18)16-17-14(19)11-5-6-12(15)20-11/h3-7H,1-2H3,(H,16,18)(H,17,19). The number of carbonyl (C=O) groups excluding carboxylic acids is 2. The number of thiophene rings is 1. The molecule has 0 bridgehead atoms. The van der Waals surface area contributed by atoms with Crippen molar-refractivity contribution in [1.29, 1.82) is 0 Å². The predicted octanol–water partition coefficient (Wildman–Crippen LogP) is 3.20. The van der Waals surface area contributed by atoms with Gasteiger partial charge in [0.2, 0.25) is 0 Å². The average Bonchev–Trinajstić information content (AvgIpc) is 2.85. The molecule has 0 fully saturated rings. The van der Waals surface area contributed by atoms with Gasteiger partial charge in [0.1, 0.15) is 0 Å². The fourth-order valence-corrected chi connectivity index (χ4v) is 2.85. The number of hydrogen-bond acceptors (Lipinski definition) is 3. The molecular formula is C14H13BrN2O2S. The van der Waals surface area contributed by atoms with Crippen LogP contribution in [0.15, 0.2) is 34.1 Å². The zero-order valence-electron chi connectivity index (χ0n) is 11.0. The number of aryl methyl sites for hydroxylation is 2. The first-order valence-corrected chi connectivity index (χ1v) is 7.51. The maximum atomic E-state index is 11.9. The second-order valence-corrected chi connectivity index (χ2v) is 6.77. The third kappa shape index (κ3) is 3.46. The summed E-state index contributed by atoms with van der Waals surface area (Å²) in [4.78, 5) is 24.2. The van der Waals surface area contributed by atoms with Crippen LogP contribution in [-0.2, 0) is 0 Å². The molecule has 0 atom stereocenters. The van der Waals surface area contributed by atoms with Gasteiger partial charge in [0.05, 0.1) is 8.66 Å². The Kier molecular flexibility index (Phi) is 4.57. The Labute approximate surface area is 129 Å². The maximum absolute atomic E-state index is 11.9. The van der Waals surface area contributed by atoms with E-state index in [1.807, 2.05) is 19.9 Å². The average molecular weight is 353 g/mol. The zero-order valence-corrected chi connectivity index (χ0v) is 13.4. The Bertz CT molecular complexity index is 667. The van der Waals surface area contributed by atoms with Crippen LogP contribution in [-0.4, -0.2) is 11.8 Å². The molecule has 0 unspecified atom stereocenters. The third-order valence-electron chi connectivity index (χ3n) is 2.86. The first-order chi connectivity index (χ1) is 9.47. The summed E-state index contributed by atoms with van der Waals surface area (Å²) in [5.41, 5.74) is 7.47. The molecule has 104 valence electrons. The van der Waals surface area contributed by atoms with Crippen molar-refractivity contribution in [3.05, 3.63) is 55.7 Å². The van der Waals surface area contributed by atoms with Gasteiger partial charge in [-0.15, -0.1) is 11.3 Å². The summed E-state index contributed by atoms with van der Waals surface area (Å²) < 4.78 is 0.864. The molecule has 0 saturated heterocycles. The Morgan fingerprint density at radius 1 is 1.00 bits per heavy atom. The SMILES string of the molecule is Cc1ccc(C(=O)NNC(=O)c2ccc(Br)s2)cc1C. The van der Waals surface area contributed by atoms with Gasteiger partial charge in [0.15, 0.2) is 0 Å². The van der Waals surface area contributed by atoms with Crippen molar-refractivity contribution < 1.29 is 9.59 Å². The summed E-state index contributed by atoms with van der Waals surface area (Å²) in [6.07, 6.45) is 0. The minimum atomic E-state index is -0.336. The highest BCUT2D eigenvalue weighted by Gasteiger charge is 2.11. The van der Waals surface area contributed by atoms with Crippen LogP contribution in [0.5, 0.6) is 0 Å². The van der Waals surface area contributed by atoms with E-state index in [0.29, 0.717) is 10.4 Å². The Hall–Kier alpha value is -1.66. The summed E-state index contributed by atoms with van der Waals surface area (Å²) in [6, 6.07) is 8.86. The first kappa shape index (κ1) is 14.7. The van der Waals surface area contributed by atoms with Gasteiger partial charge in [0, 0.05) is 5.56 Å². The van der Waals surface area contributed by atoms with Crippen LogP contribution >= 0.6 is 27.3 Å². The molecule has 2 rings (SSSR count). The van der Waals surface area contributed by atoms with E-state index in [1.165, 1.54) is 11.3 Å². The molecule has 0 aliphatic heterocycles. The monoisotopic (exact) mass is 352 g/mol. The first-order valence-electron chi connectivity index (χ1n) is 5.90. The smallest absolute Gasteiger partial charge is 0.267 e. The zero-order chi connectivity index (χ0) is 14.7. The van der Waals surface area contributed by atoms with E-state index in [9.17, 15) is 9.59 Å². The lowest BCUT2D eigenvalue weighted by atomic mass is 10.1. The molecule has 20 heavy (non-hydrogen) atoms. The molecule has 0 spiro atoms. The molecule has 1 aromatic carbocycles. The lowest BCUT2D eigenvalue weighted by Crippen LogP contribution is -2.41. The van der Waals surface area contributed by atoms with Crippen LogP contribution in [0.2, 0.25) is 0 Å². The Morgan fingerprint density at radius 3 is 2.30 bits per heavy atom. The molecule has 0 saturated carbocycles. The van der Waals surface area contributed by atoms with Crippen LogP contribution in [0.1, 0.15) is 31.2 Å². The van der Waals surface area contributed by atoms with Crippen LogP contribution in [0.3, 0.4) is 0 Å². The fourth-order valence-electron chi connectivity index (χ4n) is 1.57. The van der Waals surface area contributed by atoms with Gasteiger partial charge < -0.3 is 0 Å².